The van der Waals surface area contributed by atoms with E-state index in [-0.39, 0.29) is 12.1 Å². The second-order valence-corrected chi connectivity index (χ2v) is 5.81. The molecular formula is C18H20ClNO. The van der Waals surface area contributed by atoms with Crippen LogP contribution < -0.4 is 5.32 Å². The number of ether oxygens (including phenoxy) is 1. The molecule has 1 N–H and O–H groups in total. The monoisotopic (exact) mass is 301 g/mol. The molecule has 0 radical (unpaired) electrons. The summed E-state index contributed by atoms with van der Waals surface area (Å²) in [5.74, 6) is 0. The predicted molar refractivity (Wildman–Crippen MR) is 86.7 cm³/mol. The van der Waals surface area contributed by atoms with Gasteiger partial charge in [0.2, 0.25) is 0 Å². The molecule has 2 nitrogen and oxygen atoms in total. The molecule has 3 rings (SSSR count). The number of rotatable bonds is 4. The van der Waals surface area contributed by atoms with Crippen LogP contribution in [0.1, 0.15) is 35.3 Å². The van der Waals surface area contributed by atoms with Crippen LogP contribution in [0, 0.1) is 0 Å². The molecule has 2 unspecified atom stereocenters. The Morgan fingerprint density at radius 3 is 2.76 bits per heavy atom. The molecule has 0 aromatic heterocycles. The summed E-state index contributed by atoms with van der Waals surface area (Å²) in [6.07, 6.45) is 2.02. The van der Waals surface area contributed by atoms with E-state index in [1.165, 1.54) is 11.1 Å². The number of halogens is 1. The van der Waals surface area contributed by atoms with Crippen LogP contribution in [-0.2, 0) is 11.2 Å². The van der Waals surface area contributed by atoms with Gasteiger partial charge in [-0.25, -0.2) is 0 Å². The van der Waals surface area contributed by atoms with Gasteiger partial charge in [0.25, 0.3) is 0 Å². The van der Waals surface area contributed by atoms with Gasteiger partial charge in [-0.3, -0.25) is 0 Å². The van der Waals surface area contributed by atoms with Crippen molar-refractivity contribution in [2.45, 2.75) is 25.0 Å². The van der Waals surface area contributed by atoms with Gasteiger partial charge in [0.15, 0.2) is 0 Å². The fourth-order valence-electron chi connectivity index (χ4n) is 3.04. The van der Waals surface area contributed by atoms with E-state index >= 15 is 0 Å². The normalized spacial score (nSPS) is 19.0. The Balaban J connectivity index is 1.84. The molecule has 21 heavy (non-hydrogen) atoms. The van der Waals surface area contributed by atoms with Crippen molar-refractivity contribution >= 4 is 11.6 Å². The molecule has 0 fully saturated rings. The maximum atomic E-state index is 6.33. The van der Waals surface area contributed by atoms with E-state index < -0.39 is 0 Å². The van der Waals surface area contributed by atoms with Crippen molar-refractivity contribution in [2.24, 2.45) is 0 Å². The highest BCUT2D eigenvalue weighted by atomic mass is 35.5. The van der Waals surface area contributed by atoms with Gasteiger partial charge in [-0.2, -0.15) is 0 Å². The lowest BCUT2D eigenvalue weighted by Gasteiger charge is -2.29. The van der Waals surface area contributed by atoms with Crippen molar-refractivity contribution in [3.63, 3.8) is 0 Å². The highest BCUT2D eigenvalue weighted by Gasteiger charge is 2.25. The summed E-state index contributed by atoms with van der Waals surface area (Å²) in [7, 11) is 1.97. The standard InChI is InChI=1S/C18H20ClNO/c1-20-17(15-8-4-5-9-16(15)19)12-18-14-7-3-2-6-13(14)10-11-21-18/h2-9,17-18,20H,10-12H2,1H3. The van der Waals surface area contributed by atoms with E-state index in [1.54, 1.807) is 0 Å². The summed E-state index contributed by atoms with van der Waals surface area (Å²) in [6.45, 7) is 0.792. The highest BCUT2D eigenvalue weighted by molar-refractivity contribution is 6.31. The average molecular weight is 302 g/mol. The second-order valence-electron chi connectivity index (χ2n) is 5.41. The van der Waals surface area contributed by atoms with Crippen LogP contribution in [-0.4, -0.2) is 13.7 Å². The molecule has 2 aromatic carbocycles. The minimum Gasteiger partial charge on any atom is -0.373 e. The van der Waals surface area contributed by atoms with Crippen molar-refractivity contribution in [1.29, 1.82) is 0 Å². The third-order valence-electron chi connectivity index (χ3n) is 4.17. The molecule has 0 amide bonds. The van der Waals surface area contributed by atoms with E-state index in [1.807, 2.05) is 25.2 Å². The molecule has 1 heterocycles. The van der Waals surface area contributed by atoms with Crippen molar-refractivity contribution in [3.8, 4) is 0 Å². The number of hydrogen-bond acceptors (Lipinski definition) is 2. The zero-order valence-corrected chi connectivity index (χ0v) is 12.9. The lowest BCUT2D eigenvalue weighted by molar-refractivity contribution is 0.0298. The van der Waals surface area contributed by atoms with Crippen molar-refractivity contribution in [1.82, 2.24) is 5.32 Å². The molecule has 0 bridgehead atoms. The molecule has 0 saturated carbocycles. The first-order chi connectivity index (χ1) is 10.3. The fourth-order valence-corrected chi connectivity index (χ4v) is 3.31. The molecule has 0 spiro atoms. The van der Waals surface area contributed by atoms with E-state index in [0.717, 1.165) is 30.0 Å². The molecule has 110 valence electrons. The van der Waals surface area contributed by atoms with Crippen LogP contribution in [0.3, 0.4) is 0 Å². The fraction of sp³-hybridized carbons (Fsp3) is 0.333. The van der Waals surface area contributed by atoms with E-state index in [0.29, 0.717) is 0 Å². The minimum absolute atomic E-state index is 0.128. The SMILES string of the molecule is CNC(CC1OCCc2ccccc21)c1ccccc1Cl. The summed E-state index contributed by atoms with van der Waals surface area (Å²) in [6, 6.07) is 16.8. The molecule has 3 heteroatoms. The first-order valence-corrected chi connectivity index (χ1v) is 7.78. The van der Waals surface area contributed by atoms with Crippen LogP contribution in [0.5, 0.6) is 0 Å². The maximum Gasteiger partial charge on any atom is 0.0845 e. The Hall–Kier alpha value is -1.35. The van der Waals surface area contributed by atoms with Crippen LogP contribution in [0.4, 0.5) is 0 Å². The summed E-state index contributed by atoms with van der Waals surface area (Å²) in [5, 5.41) is 4.18. The molecular weight excluding hydrogens is 282 g/mol. The van der Waals surface area contributed by atoms with E-state index in [4.69, 9.17) is 16.3 Å². The van der Waals surface area contributed by atoms with Gasteiger partial charge < -0.3 is 10.1 Å². The molecule has 0 saturated heterocycles. The molecule has 1 aliphatic rings. The van der Waals surface area contributed by atoms with Crippen molar-refractivity contribution in [2.75, 3.05) is 13.7 Å². The number of hydrogen-bond donors (Lipinski definition) is 1. The summed E-state index contributed by atoms with van der Waals surface area (Å²) in [5.41, 5.74) is 3.85. The van der Waals surface area contributed by atoms with Gasteiger partial charge in [-0.15, -0.1) is 0 Å². The topological polar surface area (TPSA) is 21.3 Å². The number of fused-ring (bicyclic) bond motifs is 1. The summed E-state index contributed by atoms with van der Waals surface area (Å²) >= 11 is 6.33. The third kappa shape index (κ3) is 3.13. The molecule has 2 aromatic rings. The maximum absolute atomic E-state index is 6.33. The van der Waals surface area contributed by atoms with Gasteiger partial charge in [-0.1, -0.05) is 54.1 Å². The highest BCUT2D eigenvalue weighted by Crippen LogP contribution is 2.35. The average Bonchev–Trinajstić information content (AvgIpc) is 2.53. The van der Waals surface area contributed by atoms with Gasteiger partial charge in [0, 0.05) is 11.1 Å². The van der Waals surface area contributed by atoms with Crippen molar-refractivity contribution in [3.05, 3.63) is 70.2 Å². The van der Waals surface area contributed by atoms with Gasteiger partial charge in [0.1, 0.15) is 0 Å². The molecule has 0 aliphatic carbocycles. The Kier molecular flexibility index (Phi) is 4.59. The zero-order chi connectivity index (χ0) is 14.7. The summed E-state index contributed by atoms with van der Waals surface area (Å²) in [4.78, 5) is 0. The summed E-state index contributed by atoms with van der Waals surface area (Å²) < 4.78 is 6.02. The number of benzene rings is 2. The lowest BCUT2D eigenvalue weighted by atomic mass is 9.91. The minimum atomic E-state index is 0.128. The smallest absolute Gasteiger partial charge is 0.0845 e. The van der Waals surface area contributed by atoms with E-state index in [2.05, 4.69) is 35.6 Å². The molecule has 2 atom stereocenters. The Morgan fingerprint density at radius 1 is 1.19 bits per heavy atom. The quantitative estimate of drug-likeness (QED) is 0.909. The number of nitrogens with one attached hydrogen (secondary N) is 1. The van der Waals surface area contributed by atoms with Crippen LogP contribution in [0.2, 0.25) is 5.02 Å². The Morgan fingerprint density at radius 2 is 1.95 bits per heavy atom. The Bertz CT molecular complexity index is 614. The van der Waals surface area contributed by atoms with Gasteiger partial charge in [-0.05, 0) is 42.6 Å². The Labute approximate surface area is 131 Å². The predicted octanol–water partition coefficient (Wildman–Crippen LogP) is 4.30. The van der Waals surface area contributed by atoms with Gasteiger partial charge >= 0.3 is 0 Å². The first-order valence-electron chi connectivity index (χ1n) is 7.40. The zero-order valence-electron chi connectivity index (χ0n) is 12.2. The second kappa shape index (κ2) is 6.61. The first kappa shape index (κ1) is 14.6. The largest absolute Gasteiger partial charge is 0.373 e. The third-order valence-corrected chi connectivity index (χ3v) is 4.52. The van der Waals surface area contributed by atoms with Crippen LogP contribution in [0.15, 0.2) is 48.5 Å². The molecule has 1 aliphatic heterocycles. The van der Waals surface area contributed by atoms with Gasteiger partial charge in [0.05, 0.1) is 12.7 Å². The van der Waals surface area contributed by atoms with Crippen LogP contribution >= 0.6 is 11.6 Å². The van der Waals surface area contributed by atoms with Crippen molar-refractivity contribution < 1.29 is 4.74 Å². The van der Waals surface area contributed by atoms with E-state index in [9.17, 15) is 0 Å². The van der Waals surface area contributed by atoms with Crippen LogP contribution in [0.25, 0.3) is 0 Å². The lowest BCUT2D eigenvalue weighted by Crippen LogP contribution is -2.24.